The van der Waals surface area contributed by atoms with Crippen LogP contribution < -0.4 is 11.1 Å². The molecule has 1 unspecified atom stereocenters. The average Bonchev–Trinajstić information content (AvgIpc) is 2.24. The molecule has 0 aromatic carbocycles. The first-order chi connectivity index (χ1) is 7.88. The zero-order chi connectivity index (χ0) is 13.4. The number of carboxylic acids is 2. The van der Waals surface area contributed by atoms with Crippen LogP contribution in [-0.2, 0) is 14.4 Å². The maximum absolute atomic E-state index is 11.3. The molecule has 1 amide bonds. The minimum Gasteiger partial charge on any atom is -0.480 e. The second kappa shape index (κ2) is 7.91. The van der Waals surface area contributed by atoms with E-state index in [2.05, 4.69) is 5.32 Å². The first-order valence-electron chi connectivity index (χ1n) is 4.88. The maximum Gasteiger partial charge on any atom is 0.327 e. The van der Waals surface area contributed by atoms with Gasteiger partial charge in [0.05, 0.1) is 0 Å². The van der Waals surface area contributed by atoms with Gasteiger partial charge in [0.1, 0.15) is 12.1 Å². The van der Waals surface area contributed by atoms with Crippen LogP contribution in [0.1, 0.15) is 12.8 Å². The molecule has 0 aliphatic rings. The van der Waals surface area contributed by atoms with Crippen molar-refractivity contribution in [2.24, 2.45) is 5.73 Å². The molecule has 8 heteroatoms. The Labute approximate surface area is 103 Å². The molecule has 2 atom stereocenters. The van der Waals surface area contributed by atoms with Crippen molar-refractivity contribution in [2.45, 2.75) is 24.9 Å². The van der Waals surface area contributed by atoms with Crippen molar-refractivity contribution >= 4 is 29.6 Å². The van der Waals surface area contributed by atoms with E-state index in [0.717, 1.165) is 0 Å². The summed E-state index contributed by atoms with van der Waals surface area (Å²) in [6.45, 7) is 0. The van der Waals surface area contributed by atoms with Crippen LogP contribution in [0.25, 0.3) is 0 Å². The van der Waals surface area contributed by atoms with Crippen molar-refractivity contribution in [2.75, 3.05) is 12.0 Å². The van der Waals surface area contributed by atoms with Gasteiger partial charge in [0.15, 0.2) is 0 Å². The van der Waals surface area contributed by atoms with Crippen LogP contribution >= 0.6 is 11.8 Å². The number of nitrogens with one attached hydrogen (secondary N) is 1. The van der Waals surface area contributed by atoms with E-state index in [1.165, 1.54) is 11.8 Å². The molecule has 0 fully saturated rings. The van der Waals surface area contributed by atoms with Gasteiger partial charge in [-0.1, -0.05) is 0 Å². The monoisotopic (exact) mass is 264 g/mol. The largest absolute Gasteiger partial charge is 0.480 e. The van der Waals surface area contributed by atoms with Crippen molar-refractivity contribution < 1.29 is 24.6 Å². The van der Waals surface area contributed by atoms with E-state index < -0.39 is 29.9 Å². The number of nitrogens with two attached hydrogens (primary N) is 1. The molecule has 5 N–H and O–H groups in total. The highest BCUT2D eigenvalue weighted by Crippen LogP contribution is 2.00. The summed E-state index contributed by atoms with van der Waals surface area (Å²) in [5.74, 6) is -2.55. The fourth-order valence-corrected chi connectivity index (χ4v) is 1.58. The second-order valence-corrected chi connectivity index (χ2v) is 4.31. The van der Waals surface area contributed by atoms with Crippen LogP contribution in [0.2, 0.25) is 0 Å². The third kappa shape index (κ3) is 6.80. The van der Waals surface area contributed by atoms with E-state index >= 15 is 0 Å². The van der Waals surface area contributed by atoms with Crippen LogP contribution in [0, 0.1) is 0 Å². The number of thioether (sulfide) groups is 1. The van der Waals surface area contributed by atoms with E-state index in [1.807, 2.05) is 0 Å². The molecule has 0 saturated carbocycles. The molecule has 0 spiro atoms. The van der Waals surface area contributed by atoms with E-state index in [9.17, 15) is 14.4 Å². The van der Waals surface area contributed by atoms with E-state index in [4.69, 9.17) is 15.9 Å². The Morgan fingerprint density at radius 2 is 1.88 bits per heavy atom. The minimum atomic E-state index is -1.18. The zero-order valence-electron chi connectivity index (χ0n) is 9.38. The van der Waals surface area contributed by atoms with Gasteiger partial charge >= 0.3 is 11.9 Å². The van der Waals surface area contributed by atoms with E-state index in [1.54, 1.807) is 6.26 Å². The van der Waals surface area contributed by atoms with Gasteiger partial charge in [0.25, 0.3) is 0 Å². The maximum atomic E-state index is 11.3. The third-order valence-corrected chi connectivity index (χ3v) is 2.63. The van der Waals surface area contributed by atoms with Crippen molar-refractivity contribution in [3.05, 3.63) is 0 Å². The number of carboxylic acid groups (broad SMARTS) is 2. The lowest BCUT2D eigenvalue weighted by Crippen LogP contribution is -2.43. The third-order valence-electron chi connectivity index (χ3n) is 1.97. The summed E-state index contributed by atoms with van der Waals surface area (Å²) in [5.41, 5.74) is 5.21. The number of carbonyl (C=O) groups is 3. The van der Waals surface area contributed by atoms with Gasteiger partial charge in [-0.25, -0.2) is 4.79 Å². The summed E-state index contributed by atoms with van der Waals surface area (Å²) in [7, 11) is 0. The summed E-state index contributed by atoms with van der Waals surface area (Å²) in [4.78, 5) is 32.4. The highest BCUT2D eigenvalue weighted by molar-refractivity contribution is 7.98. The smallest absolute Gasteiger partial charge is 0.327 e. The number of aliphatic carboxylic acids is 2. The van der Waals surface area contributed by atoms with Crippen LogP contribution in [-0.4, -0.2) is 52.2 Å². The Bertz CT molecular complexity index is 297. The van der Waals surface area contributed by atoms with Crippen LogP contribution in [0.3, 0.4) is 0 Å². The molecule has 0 heterocycles. The van der Waals surface area contributed by atoms with E-state index in [-0.39, 0.29) is 18.6 Å². The second-order valence-electron chi connectivity index (χ2n) is 3.40. The van der Waals surface area contributed by atoms with Crippen molar-refractivity contribution in [1.29, 1.82) is 0 Å². The summed E-state index contributed by atoms with van der Waals surface area (Å²) in [6.07, 6.45) is 1.60. The number of hydrogen-bond acceptors (Lipinski definition) is 5. The van der Waals surface area contributed by atoms with Gasteiger partial charge in [-0.3, -0.25) is 9.59 Å². The van der Waals surface area contributed by atoms with Crippen molar-refractivity contribution in [1.82, 2.24) is 5.32 Å². The molecule has 0 bridgehead atoms. The van der Waals surface area contributed by atoms with Gasteiger partial charge in [0.2, 0.25) is 5.91 Å². The Kier molecular flexibility index (Phi) is 7.31. The quantitative estimate of drug-likeness (QED) is 0.447. The highest BCUT2D eigenvalue weighted by Gasteiger charge is 2.20. The minimum absolute atomic E-state index is 0.0211. The Morgan fingerprint density at radius 3 is 2.29 bits per heavy atom. The van der Waals surface area contributed by atoms with Gasteiger partial charge in [-0.2, -0.15) is 11.8 Å². The molecule has 0 rings (SSSR count). The lowest BCUT2D eigenvalue weighted by molar-refractivity contribution is -0.141. The molecule has 0 radical (unpaired) electrons. The normalized spacial score (nSPS) is 13.8. The molecule has 7 nitrogen and oxygen atoms in total. The highest BCUT2D eigenvalue weighted by atomic mass is 32.2. The van der Waals surface area contributed by atoms with Gasteiger partial charge in [-0.15, -0.1) is 0 Å². The van der Waals surface area contributed by atoms with Gasteiger partial charge < -0.3 is 21.3 Å². The molecule has 0 saturated heterocycles. The van der Waals surface area contributed by atoms with Crippen LogP contribution in [0.15, 0.2) is 0 Å². The first-order valence-corrected chi connectivity index (χ1v) is 6.27. The summed E-state index contributed by atoms with van der Waals surface area (Å²) in [5, 5.41) is 19.6. The molecule has 0 aliphatic carbocycles. The lowest BCUT2D eigenvalue weighted by Gasteiger charge is -2.13. The standard InChI is InChI=1S/C9H16N2O5S/c1-17-4-6(9(15)16)11-7(12)3-2-5(10)8(13)14/h5-6H,2-4,10H2,1H3,(H,11,12)(H,13,14)(H,15,16)/t5-,6?/m1/s1. The van der Waals surface area contributed by atoms with Crippen molar-refractivity contribution in [3.63, 3.8) is 0 Å². The van der Waals surface area contributed by atoms with E-state index in [0.29, 0.717) is 0 Å². The van der Waals surface area contributed by atoms with Crippen LogP contribution in [0.5, 0.6) is 0 Å². The molecule has 0 aromatic heterocycles. The molecular weight excluding hydrogens is 248 g/mol. The summed E-state index contributed by atoms with van der Waals surface area (Å²) in [6, 6.07) is -2.07. The molecule has 0 aliphatic heterocycles. The Morgan fingerprint density at radius 1 is 1.29 bits per heavy atom. The predicted octanol–water partition coefficient (Wildman–Crippen LogP) is -0.889. The fraction of sp³-hybridized carbons (Fsp3) is 0.667. The first kappa shape index (κ1) is 15.7. The van der Waals surface area contributed by atoms with Crippen LogP contribution in [0.4, 0.5) is 0 Å². The number of amides is 1. The zero-order valence-corrected chi connectivity index (χ0v) is 10.2. The topological polar surface area (TPSA) is 130 Å². The SMILES string of the molecule is CSCC(NC(=O)CC[C@@H](N)C(=O)O)C(=O)O. The number of rotatable bonds is 8. The molecule has 17 heavy (non-hydrogen) atoms. The number of carbonyl (C=O) groups excluding carboxylic acids is 1. The Balaban J connectivity index is 4.06. The fourth-order valence-electron chi connectivity index (χ4n) is 1.02. The molecule has 98 valence electrons. The summed E-state index contributed by atoms with van der Waals surface area (Å²) < 4.78 is 0. The van der Waals surface area contributed by atoms with Gasteiger partial charge in [0, 0.05) is 12.2 Å². The lowest BCUT2D eigenvalue weighted by atomic mass is 10.1. The number of hydrogen-bond donors (Lipinski definition) is 4. The predicted molar refractivity (Wildman–Crippen MR) is 62.8 cm³/mol. The Hall–Kier alpha value is -1.28. The molecular formula is C9H16N2O5S. The summed E-state index contributed by atoms with van der Waals surface area (Å²) >= 11 is 1.29. The molecule has 0 aromatic rings. The average molecular weight is 264 g/mol. The van der Waals surface area contributed by atoms with Gasteiger partial charge in [-0.05, 0) is 12.7 Å². The van der Waals surface area contributed by atoms with Crippen molar-refractivity contribution in [3.8, 4) is 0 Å².